The van der Waals surface area contributed by atoms with Gasteiger partial charge < -0.3 is 10.4 Å². The van der Waals surface area contributed by atoms with Gasteiger partial charge in [0.1, 0.15) is 18.7 Å². The number of nitrogens with zero attached hydrogens (tertiary/aromatic N) is 3. The van der Waals surface area contributed by atoms with Crippen molar-refractivity contribution in [2.45, 2.75) is 38.8 Å². The number of aliphatic hydroxyl groups excluding tert-OH is 1. The quantitative estimate of drug-likeness (QED) is 0.722. The van der Waals surface area contributed by atoms with Crippen LogP contribution in [0.3, 0.4) is 0 Å². The topological polar surface area (TPSA) is 80.0 Å². The molecule has 0 aliphatic heterocycles. The average Bonchev–Trinajstić information content (AvgIpc) is 2.78. The van der Waals surface area contributed by atoms with E-state index in [-0.39, 0.29) is 12.5 Å². The molecule has 0 fully saturated rings. The minimum atomic E-state index is -0.475. The molecular weight excluding hydrogens is 208 g/mol. The molecule has 0 radical (unpaired) electrons. The van der Waals surface area contributed by atoms with E-state index in [4.69, 9.17) is 0 Å². The number of hydrogen-bond donors (Lipinski definition) is 2. The van der Waals surface area contributed by atoms with Crippen LogP contribution in [0.5, 0.6) is 0 Å². The molecule has 0 bridgehead atoms. The molecule has 2 N–H and O–H groups in total. The molecule has 1 rings (SSSR count). The summed E-state index contributed by atoms with van der Waals surface area (Å²) in [5.74, 6) is -0.166. The lowest BCUT2D eigenvalue weighted by Crippen LogP contribution is -2.36. The molecule has 90 valence electrons. The van der Waals surface area contributed by atoms with Crippen LogP contribution in [0.1, 0.15) is 32.7 Å². The van der Waals surface area contributed by atoms with Crippen LogP contribution >= 0.6 is 0 Å². The van der Waals surface area contributed by atoms with Gasteiger partial charge in [-0.1, -0.05) is 13.3 Å². The lowest BCUT2D eigenvalue weighted by molar-refractivity contribution is -0.124. The molecule has 16 heavy (non-hydrogen) atoms. The molecule has 1 amide bonds. The summed E-state index contributed by atoms with van der Waals surface area (Å²) in [6.07, 6.45) is 3.99. The Morgan fingerprint density at radius 3 is 2.94 bits per heavy atom. The second-order valence-corrected chi connectivity index (χ2v) is 3.74. The van der Waals surface area contributed by atoms with E-state index in [0.717, 1.165) is 6.42 Å². The maximum atomic E-state index is 11.6. The lowest BCUT2D eigenvalue weighted by atomic mass is 10.2. The van der Waals surface area contributed by atoms with Crippen LogP contribution < -0.4 is 5.32 Å². The highest BCUT2D eigenvalue weighted by Crippen LogP contribution is 2.02. The zero-order chi connectivity index (χ0) is 12.0. The third kappa shape index (κ3) is 3.62. The van der Waals surface area contributed by atoms with Gasteiger partial charge in [0, 0.05) is 6.54 Å². The van der Waals surface area contributed by atoms with E-state index in [2.05, 4.69) is 15.4 Å². The smallest absolute Gasteiger partial charge is 0.244 e. The highest BCUT2D eigenvalue weighted by Gasteiger charge is 2.15. The van der Waals surface area contributed by atoms with Crippen LogP contribution in [0.4, 0.5) is 0 Å². The second-order valence-electron chi connectivity index (χ2n) is 3.74. The molecule has 2 atom stereocenters. The van der Waals surface area contributed by atoms with Crippen molar-refractivity contribution >= 4 is 5.91 Å². The van der Waals surface area contributed by atoms with Crippen molar-refractivity contribution in [3.05, 3.63) is 12.7 Å². The molecule has 6 heteroatoms. The predicted molar refractivity (Wildman–Crippen MR) is 58.7 cm³/mol. The Bertz CT molecular complexity index is 313. The standard InChI is InChI=1S/C10H18N4O2/c1-3-4-9(15)5-12-10(16)8(2)14-7-11-6-13-14/h6-9,15H,3-5H2,1-2H3,(H,12,16). The highest BCUT2D eigenvalue weighted by molar-refractivity contribution is 5.79. The van der Waals surface area contributed by atoms with E-state index in [1.807, 2.05) is 6.92 Å². The molecule has 0 aliphatic carbocycles. The van der Waals surface area contributed by atoms with Crippen LogP contribution in [0.2, 0.25) is 0 Å². The number of aromatic nitrogens is 3. The summed E-state index contributed by atoms with van der Waals surface area (Å²) >= 11 is 0. The fourth-order valence-electron chi connectivity index (χ4n) is 1.34. The van der Waals surface area contributed by atoms with Gasteiger partial charge in [-0.05, 0) is 13.3 Å². The Kier molecular flexibility index (Phi) is 4.91. The van der Waals surface area contributed by atoms with Crippen molar-refractivity contribution in [2.75, 3.05) is 6.54 Å². The van der Waals surface area contributed by atoms with Gasteiger partial charge in [-0.15, -0.1) is 0 Å². The fourth-order valence-corrected chi connectivity index (χ4v) is 1.34. The minimum absolute atomic E-state index is 0.166. The van der Waals surface area contributed by atoms with Gasteiger partial charge in [-0.2, -0.15) is 5.10 Å². The molecule has 1 aromatic rings. The first-order valence-electron chi connectivity index (χ1n) is 5.45. The largest absolute Gasteiger partial charge is 0.391 e. The number of carbonyl (C=O) groups excluding carboxylic acids is 1. The Morgan fingerprint density at radius 1 is 1.62 bits per heavy atom. The summed E-state index contributed by atoms with van der Waals surface area (Å²) in [6, 6.07) is -0.406. The Labute approximate surface area is 94.7 Å². The number of nitrogens with one attached hydrogen (secondary N) is 1. The SMILES string of the molecule is CCCC(O)CNC(=O)C(C)n1cncn1. The van der Waals surface area contributed by atoms with Crippen molar-refractivity contribution in [3.63, 3.8) is 0 Å². The van der Waals surface area contributed by atoms with Crippen molar-refractivity contribution in [1.29, 1.82) is 0 Å². The Balaban J connectivity index is 2.35. The number of carbonyl (C=O) groups is 1. The second kappa shape index (κ2) is 6.22. The Morgan fingerprint density at radius 2 is 2.38 bits per heavy atom. The van der Waals surface area contributed by atoms with Gasteiger partial charge in [0.05, 0.1) is 6.10 Å². The average molecular weight is 226 g/mol. The molecule has 0 aliphatic rings. The van der Waals surface area contributed by atoms with Gasteiger partial charge >= 0.3 is 0 Å². The highest BCUT2D eigenvalue weighted by atomic mass is 16.3. The van der Waals surface area contributed by atoms with Gasteiger partial charge in [0.2, 0.25) is 5.91 Å². The molecule has 0 saturated carbocycles. The maximum Gasteiger partial charge on any atom is 0.244 e. The summed E-state index contributed by atoms with van der Waals surface area (Å²) in [7, 11) is 0. The molecule has 0 spiro atoms. The van der Waals surface area contributed by atoms with E-state index in [1.165, 1.54) is 17.3 Å². The fraction of sp³-hybridized carbons (Fsp3) is 0.700. The van der Waals surface area contributed by atoms with Crippen molar-refractivity contribution in [3.8, 4) is 0 Å². The van der Waals surface area contributed by atoms with Crippen molar-refractivity contribution < 1.29 is 9.90 Å². The Hall–Kier alpha value is -1.43. The summed E-state index contributed by atoms with van der Waals surface area (Å²) in [5, 5.41) is 16.0. The van der Waals surface area contributed by atoms with E-state index < -0.39 is 12.1 Å². The van der Waals surface area contributed by atoms with Gasteiger partial charge in [0.15, 0.2) is 0 Å². The third-order valence-electron chi connectivity index (χ3n) is 2.35. The predicted octanol–water partition coefficient (Wildman–Crippen LogP) is 0.116. The molecule has 2 unspecified atom stereocenters. The molecular formula is C10H18N4O2. The maximum absolute atomic E-state index is 11.6. The van der Waals surface area contributed by atoms with Crippen LogP contribution in [0.15, 0.2) is 12.7 Å². The molecule has 0 saturated heterocycles. The lowest BCUT2D eigenvalue weighted by Gasteiger charge is -2.14. The molecule has 1 heterocycles. The summed E-state index contributed by atoms with van der Waals surface area (Å²) in [5.41, 5.74) is 0. The number of hydrogen-bond acceptors (Lipinski definition) is 4. The molecule has 1 aromatic heterocycles. The summed E-state index contributed by atoms with van der Waals surface area (Å²) in [4.78, 5) is 15.4. The summed E-state index contributed by atoms with van der Waals surface area (Å²) < 4.78 is 1.47. The monoisotopic (exact) mass is 226 g/mol. The van der Waals surface area contributed by atoms with E-state index in [9.17, 15) is 9.90 Å². The first kappa shape index (κ1) is 12.6. The van der Waals surface area contributed by atoms with Crippen LogP contribution in [0, 0.1) is 0 Å². The first-order chi connectivity index (χ1) is 7.65. The summed E-state index contributed by atoms with van der Waals surface area (Å²) in [6.45, 7) is 4.00. The zero-order valence-corrected chi connectivity index (χ0v) is 9.63. The number of aliphatic hydroxyl groups is 1. The van der Waals surface area contributed by atoms with Gasteiger partial charge in [-0.3, -0.25) is 4.79 Å². The van der Waals surface area contributed by atoms with Crippen LogP contribution in [0.25, 0.3) is 0 Å². The van der Waals surface area contributed by atoms with E-state index in [1.54, 1.807) is 6.92 Å². The normalized spacial score (nSPS) is 14.4. The first-order valence-corrected chi connectivity index (χ1v) is 5.45. The zero-order valence-electron chi connectivity index (χ0n) is 9.63. The van der Waals surface area contributed by atoms with Crippen molar-refractivity contribution in [2.24, 2.45) is 0 Å². The van der Waals surface area contributed by atoms with Crippen molar-refractivity contribution in [1.82, 2.24) is 20.1 Å². The van der Waals surface area contributed by atoms with Crippen LogP contribution in [-0.2, 0) is 4.79 Å². The van der Waals surface area contributed by atoms with Gasteiger partial charge in [-0.25, -0.2) is 9.67 Å². The van der Waals surface area contributed by atoms with E-state index in [0.29, 0.717) is 6.42 Å². The number of rotatable bonds is 6. The number of amides is 1. The molecule has 6 nitrogen and oxygen atoms in total. The third-order valence-corrected chi connectivity index (χ3v) is 2.35. The van der Waals surface area contributed by atoms with Crippen LogP contribution in [-0.4, -0.2) is 38.4 Å². The minimum Gasteiger partial charge on any atom is -0.391 e. The van der Waals surface area contributed by atoms with E-state index >= 15 is 0 Å². The van der Waals surface area contributed by atoms with Gasteiger partial charge in [0.25, 0.3) is 0 Å². The molecule has 0 aromatic carbocycles.